The molecule has 3 heterocycles. The average molecular weight is 341 g/mol. The van der Waals surface area contributed by atoms with Crippen LogP contribution >= 0.6 is 0 Å². The van der Waals surface area contributed by atoms with Gasteiger partial charge in [-0.1, -0.05) is 23.4 Å². The van der Waals surface area contributed by atoms with Crippen molar-refractivity contribution in [1.82, 2.24) is 15.0 Å². The van der Waals surface area contributed by atoms with Crippen molar-refractivity contribution in [2.75, 3.05) is 26.2 Å². The number of hydrogen-bond acceptors (Lipinski definition) is 6. The van der Waals surface area contributed by atoms with Gasteiger partial charge in [-0.2, -0.15) is 4.98 Å². The number of benzene rings is 1. The highest BCUT2D eigenvalue weighted by Crippen LogP contribution is 2.28. The van der Waals surface area contributed by atoms with Crippen LogP contribution in [-0.4, -0.2) is 52.0 Å². The van der Waals surface area contributed by atoms with Gasteiger partial charge in [0.1, 0.15) is 12.4 Å². The number of likely N-dealkylation sites (tertiary alicyclic amines) is 1. The molecule has 6 heteroatoms. The molecule has 1 atom stereocenters. The summed E-state index contributed by atoms with van der Waals surface area (Å²) in [6.45, 7) is 4.78. The number of para-hydroxylation sites is 1. The Morgan fingerprint density at radius 3 is 3.04 bits per heavy atom. The van der Waals surface area contributed by atoms with E-state index >= 15 is 0 Å². The van der Waals surface area contributed by atoms with Crippen LogP contribution in [0.5, 0.6) is 5.75 Å². The monoisotopic (exact) mass is 341 g/mol. The van der Waals surface area contributed by atoms with Crippen LogP contribution in [0.4, 0.5) is 0 Å². The molecule has 1 N–H and O–H groups in total. The lowest BCUT2D eigenvalue weighted by atomic mass is 9.89. The largest absolute Gasteiger partial charge is 0.489 e. The number of rotatable bonds is 4. The van der Waals surface area contributed by atoms with Gasteiger partial charge in [0.2, 0.25) is 5.89 Å². The first-order valence-corrected chi connectivity index (χ1v) is 8.75. The summed E-state index contributed by atoms with van der Waals surface area (Å²) in [6.07, 6.45) is 4.31. The number of β-amino-alcohol motifs (C(OH)–C–C–N with tert-alkyl or cyclic N) is 1. The van der Waals surface area contributed by atoms with Crippen molar-refractivity contribution in [1.29, 1.82) is 0 Å². The molecular weight excluding hydrogens is 318 g/mol. The summed E-state index contributed by atoms with van der Waals surface area (Å²) in [7, 11) is 0. The van der Waals surface area contributed by atoms with Crippen molar-refractivity contribution in [2.24, 2.45) is 0 Å². The molecule has 6 nitrogen and oxygen atoms in total. The summed E-state index contributed by atoms with van der Waals surface area (Å²) < 4.78 is 11.0. The lowest BCUT2D eigenvalue weighted by Crippen LogP contribution is -2.50. The molecule has 0 bridgehead atoms. The van der Waals surface area contributed by atoms with E-state index in [-0.39, 0.29) is 0 Å². The number of aliphatic hydroxyl groups is 1. The van der Waals surface area contributed by atoms with E-state index in [0.717, 1.165) is 37.2 Å². The van der Waals surface area contributed by atoms with Gasteiger partial charge in [0.25, 0.3) is 0 Å². The SMILES string of the molecule is Cc1noc(CC2(O)CCCN(CC3=Cc4ccccc4OC3)C2)n1. The van der Waals surface area contributed by atoms with Crippen molar-refractivity contribution in [3.05, 3.63) is 47.1 Å². The number of aromatic nitrogens is 2. The second-order valence-electron chi connectivity index (χ2n) is 7.08. The zero-order valence-electron chi connectivity index (χ0n) is 14.4. The van der Waals surface area contributed by atoms with Gasteiger partial charge < -0.3 is 14.4 Å². The van der Waals surface area contributed by atoms with Crippen LogP contribution in [0.3, 0.4) is 0 Å². The van der Waals surface area contributed by atoms with Crippen LogP contribution in [0.15, 0.2) is 34.4 Å². The Morgan fingerprint density at radius 1 is 1.32 bits per heavy atom. The molecule has 1 aromatic heterocycles. The number of nitrogens with zero attached hydrogens (tertiary/aromatic N) is 3. The summed E-state index contributed by atoms with van der Waals surface area (Å²) in [5.74, 6) is 2.05. The van der Waals surface area contributed by atoms with Crippen LogP contribution < -0.4 is 4.74 Å². The van der Waals surface area contributed by atoms with E-state index in [9.17, 15) is 5.11 Å². The Bertz CT molecular complexity index is 786. The number of aryl methyl sites for hydroxylation is 1. The second kappa shape index (κ2) is 6.61. The molecule has 1 saturated heterocycles. The third-order valence-corrected chi connectivity index (χ3v) is 4.80. The molecular formula is C19H23N3O3. The van der Waals surface area contributed by atoms with E-state index in [1.54, 1.807) is 6.92 Å². The van der Waals surface area contributed by atoms with E-state index in [1.807, 2.05) is 18.2 Å². The Labute approximate surface area is 147 Å². The van der Waals surface area contributed by atoms with Gasteiger partial charge in [0, 0.05) is 18.7 Å². The van der Waals surface area contributed by atoms with E-state index < -0.39 is 5.60 Å². The van der Waals surface area contributed by atoms with E-state index in [1.165, 1.54) is 5.57 Å². The molecule has 132 valence electrons. The van der Waals surface area contributed by atoms with Gasteiger partial charge >= 0.3 is 0 Å². The van der Waals surface area contributed by atoms with Crippen LogP contribution in [0.25, 0.3) is 6.08 Å². The topological polar surface area (TPSA) is 71.6 Å². The maximum Gasteiger partial charge on any atom is 0.229 e. The Morgan fingerprint density at radius 2 is 2.20 bits per heavy atom. The normalized spacial score (nSPS) is 23.7. The van der Waals surface area contributed by atoms with E-state index in [2.05, 4.69) is 27.2 Å². The van der Waals surface area contributed by atoms with Crippen LogP contribution in [0, 0.1) is 6.92 Å². The van der Waals surface area contributed by atoms with Crippen molar-refractivity contribution in [2.45, 2.75) is 31.8 Å². The maximum atomic E-state index is 11.0. The Kier molecular flexibility index (Phi) is 4.31. The fourth-order valence-corrected chi connectivity index (χ4v) is 3.72. The van der Waals surface area contributed by atoms with E-state index in [4.69, 9.17) is 9.26 Å². The fourth-order valence-electron chi connectivity index (χ4n) is 3.72. The zero-order valence-corrected chi connectivity index (χ0v) is 14.4. The summed E-state index contributed by atoms with van der Waals surface area (Å²) in [5.41, 5.74) is 1.54. The van der Waals surface area contributed by atoms with Gasteiger partial charge in [-0.15, -0.1) is 0 Å². The summed E-state index contributed by atoms with van der Waals surface area (Å²) in [6, 6.07) is 8.07. The molecule has 25 heavy (non-hydrogen) atoms. The van der Waals surface area contributed by atoms with Crippen LogP contribution in [0.2, 0.25) is 0 Å². The first-order valence-electron chi connectivity index (χ1n) is 8.75. The minimum atomic E-state index is -0.814. The molecule has 4 rings (SSSR count). The zero-order chi connectivity index (χ0) is 17.3. The van der Waals surface area contributed by atoms with Gasteiger partial charge in [-0.05, 0) is 44.0 Å². The van der Waals surface area contributed by atoms with E-state index in [0.29, 0.717) is 31.3 Å². The molecule has 1 aromatic carbocycles. The number of fused-ring (bicyclic) bond motifs is 1. The summed E-state index contributed by atoms with van der Waals surface area (Å²) >= 11 is 0. The molecule has 2 aromatic rings. The summed E-state index contributed by atoms with van der Waals surface area (Å²) in [4.78, 5) is 6.52. The molecule has 0 amide bonds. The molecule has 0 radical (unpaired) electrons. The lowest BCUT2D eigenvalue weighted by Gasteiger charge is -2.39. The average Bonchev–Trinajstić information content (AvgIpc) is 2.99. The smallest absolute Gasteiger partial charge is 0.229 e. The van der Waals surface area contributed by atoms with Crippen molar-refractivity contribution < 1.29 is 14.4 Å². The highest BCUT2D eigenvalue weighted by atomic mass is 16.5. The quantitative estimate of drug-likeness (QED) is 0.919. The first kappa shape index (κ1) is 16.3. The molecule has 2 aliphatic rings. The molecule has 0 spiro atoms. The molecule has 1 fully saturated rings. The van der Waals surface area contributed by atoms with Crippen molar-refractivity contribution in [3.63, 3.8) is 0 Å². The van der Waals surface area contributed by atoms with Crippen LogP contribution in [-0.2, 0) is 6.42 Å². The first-order chi connectivity index (χ1) is 12.1. The molecule has 0 aliphatic carbocycles. The van der Waals surface area contributed by atoms with Gasteiger partial charge in [-0.25, -0.2) is 0 Å². The third-order valence-electron chi connectivity index (χ3n) is 4.80. The summed E-state index contributed by atoms with van der Waals surface area (Å²) in [5, 5.41) is 14.8. The fraction of sp³-hybridized carbons (Fsp3) is 0.474. The maximum absolute atomic E-state index is 11.0. The molecule has 1 unspecified atom stereocenters. The van der Waals surface area contributed by atoms with Crippen LogP contribution in [0.1, 0.15) is 30.1 Å². The standard InChI is InChI=1S/C19H23N3O3/c1-14-20-18(25-21-14)10-19(23)7-4-8-22(13-19)11-15-9-16-5-2-3-6-17(16)24-12-15/h2-3,5-6,9,23H,4,7-8,10-13H2,1H3. The third kappa shape index (κ3) is 3.75. The van der Waals surface area contributed by atoms with Crippen molar-refractivity contribution in [3.8, 4) is 5.75 Å². The Balaban J connectivity index is 1.42. The second-order valence-corrected chi connectivity index (χ2v) is 7.08. The lowest BCUT2D eigenvalue weighted by molar-refractivity contribution is -0.0327. The number of piperidine rings is 1. The Hall–Kier alpha value is -2.18. The predicted octanol–water partition coefficient (Wildman–Crippen LogP) is 2.22. The van der Waals surface area contributed by atoms with Gasteiger partial charge in [0.05, 0.1) is 12.0 Å². The van der Waals surface area contributed by atoms with Crippen molar-refractivity contribution >= 4 is 6.08 Å². The highest BCUT2D eigenvalue weighted by molar-refractivity contribution is 5.62. The number of hydrogen-bond donors (Lipinski definition) is 1. The number of ether oxygens (including phenoxy) is 1. The highest BCUT2D eigenvalue weighted by Gasteiger charge is 2.35. The molecule has 2 aliphatic heterocycles. The minimum absolute atomic E-state index is 0.405. The predicted molar refractivity (Wildman–Crippen MR) is 93.3 cm³/mol. The minimum Gasteiger partial charge on any atom is -0.489 e. The van der Waals surface area contributed by atoms with Gasteiger partial charge in [-0.3, -0.25) is 4.90 Å². The van der Waals surface area contributed by atoms with Gasteiger partial charge in [0.15, 0.2) is 5.82 Å². The molecule has 0 saturated carbocycles.